The van der Waals surface area contributed by atoms with Gasteiger partial charge in [0.1, 0.15) is 6.54 Å². The number of aromatic nitrogens is 5. The summed E-state index contributed by atoms with van der Waals surface area (Å²) in [4.78, 5) is 17.2. The SMILES string of the molecule is Cc1nn(CC(=O)Nc2cc(C)n(Cc3cccc(C(F)(F)F)c3)n2)c2nccc(C3CC3)c12. The molecule has 0 spiro atoms. The maximum Gasteiger partial charge on any atom is 0.416 e. The zero-order valence-corrected chi connectivity index (χ0v) is 18.7. The summed E-state index contributed by atoms with van der Waals surface area (Å²) in [7, 11) is 0. The number of carbonyl (C=O) groups is 1. The number of hydrogen-bond donors (Lipinski definition) is 1. The Morgan fingerprint density at radius 3 is 2.65 bits per heavy atom. The normalized spacial score (nSPS) is 14.0. The predicted molar refractivity (Wildman–Crippen MR) is 120 cm³/mol. The molecule has 1 saturated carbocycles. The van der Waals surface area contributed by atoms with Gasteiger partial charge in [-0.2, -0.15) is 23.4 Å². The molecule has 0 bridgehead atoms. The van der Waals surface area contributed by atoms with E-state index in [-0.39, 0.29) is 19.0 Å². The van der Waals surface area contributed by atoms with E-state index >= 15 is 0 Å². The fourth-order valence-electron chi connectivity index (χ4n) is 4.22. The molecule has 3 aromatic heterocycles. The number of rotatable bonds is 6. The lowest BCUT2D eigenvalue weighted by atomic mass is 10.1. The number of pyridine rings is 1. The molecule has 4 aromatic rings. The molecule has 7 nitrogen and oxygen atoms in total. The highest BCUT2D eigenvalue weighted by atomic mass is 19.4. The monoisotopic (exact) mass is 468 g/mol. The Morgan fingerprint density at radius 1 is 1.12 bits per heavy atom. The molecule has 0 aliphatic heterocycles. The molecule has 10 heteroatoms. The van der Waals surface area contributed by atoms with Gasteiger partial charge in [0, 0.05) is 23.3 Å². The third-order valence-electron chi connectivity index (χ3n) is 5.99. The summed E-state index contributed by atoms with van der Waals surface area (Å²) in [5.41, 5.74) is 3.24. The summed E-state index contributed by atoms with van der Waals surface area (Å²) in [6.45, 7) is 3.83. The second-order valence-electron chi connectivity index (χ2n) is 8.69. The molecular weight excluding hydrogens is 445 g/mol. The van der Waals surface area contributed by atoms with Crippen LogP contribution in [0.1, 0.15) is 46.8 Å². The zero-order valence-electron chi connectivity index (χ0n) is 18.7. The summed E-state index contributed by atoms with van der Waals surface area (Å²) in [5, 5.41) is 12.6. The van der Waals surface area contributed by atoms with E-state index in [0.717, 1.165) is 36.1 Å². The number of anilines is 1. The smallest absolute Gasteiger partial charge is 0.308 e. The minimum Gasteiger partial charge on any atom is -0.308 e. The van der Waals surface area contributed by atoms with Crippen LogP contribution in [0.4, 0.5) is 19.0 Å². The van der Waals surface area contributed by atoms with Gasteiger partial charge in [-0.05, 0) is 61.9 Å². The molecule has 1 aromatic carbocycles. The maximum atomic E-state index is 13.0. The largest absolute Gasteiger partial charge is 0.416 e. The first-order valence-electron chi connectivity index (χ1n) is 11.0. The molecule has 1 N–H and O–H groups in total. The van der Waals surface area contributed by atoms with Gasteiger partial charge in [0.15, 0.2) is 11.5 Å². The van der Waals surface area contributed by atoms with E-state index in [2.05, 4.69) is 20.5 Å². The van der Waals surface area contributed by atoms with Crippen LogP contribution in [0, 0.1) is 13.8 Å². The van der Waals surface area contributed by atoms with Crippen LogP contribution in [-0.2, 0) is 24.1 Å². The molecule has 0 saturated heterocycles. The number of fused-ring (bicyclic) bond motifs is 1. The zero-order chi connectivity index (χ0) is 24.0. The van der Waals surface area contributed by atoms with Crippen molar-refractivity contribution < 1.29 is 18.0 Å². The maximum absolute atomic E-state index is 13.0. The van der Waals surface area contributed by atoms with Gasteiger partial charge in [0.25, 0.3) is 0 Å². The van der Waals surface area contributed by atoms with E-state index in [1.807, 2.05) is 13.0 Å². The fraction of sp³-hybridized carbons (Fsp3) is 0.333. The van der Waals surface area contributed by atoms with Crippen molar-refractivity contribution in [3.8, 4) is 0 Å². The molecule has 34 heavy (non-hydrogen) atoms. The van der Waals surface area contributed by atoms with E-state index in [0.29, 0.717) is 28.6 Å². The van der Waals surface area contributed by atoms with Gasteiger partial charge in [0.2, 0.25) is 5.91 Å². The Labute approximate surface area is 193 Å². The van der Waals surface area contributed by atoms with E-state index in [1.54, 1.807) is 34.6 Å². The van der Waals surface area contributed by atoms with Crippen molar-refractivity contribution in [3.63, 3.8) is 0 Å². The Hall–Kier alpha value is -3.69. The molecule has 3 heterocycles. The highest BCUT2D eigenvalue weighted by Gasteiger charge is 2.30. The number of alkyl halides is 3. The number of carbonyl (C=O) groups excluding carboxylic acids is 1. The number of halogens is 3. The lowest BCUT2D eigenvalue weighted by Gasteiger charge is -2.09. The first-order valence-corrected chi connectivity index (χ1v) is 11.0. The van der Waals surface area contributed by atoms with E-state index < -0.39 is 11.7 Å². The van der Waals surface area contributed by atoms with Crippen molar-refractivity contribution in [1.82, 2.24) is 24.5 Å². The van der Waals surface area contributed by atoms with Crippen LogP contribution in [-0.4, -0.2) is 30.5 Å². The van der Waals surface area contributed by atoms with Crippen molar-refractivity contribution >= 4 is 22.8 Å². The molecule has 1 aliphatic carbocycles. The molecule has 0 unspecified atom stereocenters. The Bertz CT molecular complexity index is 1380. The second-order valence-corrected chi connectivity index (χ2v) is 8.69. The topological polar surface area (TPSA) is 77.6 Å². The minimum atomic E-state index is -4.41. The highest BCUT2D eigenvalue weighted by molar-refractivity contribution is 5.91. The lowest BCUT2D eigenvalue weighted by molar-refractivity contribution is -0.137. The molecule has 0 radical (unpaired) electrons. The van der Waals surface area contributed by atoms with Crippen molar-refractivity contribution in [1.29, 1.82) is 0 Å². The lowest BCUT2D eigenvalue weighted by Crippen LogP contribution is -2.20. The van der Waals surface area contributed by atoms with Crippen LogP contribution in [0.3, 0.4) is 0 Å². The van der Waals surface area contributed by atoms with Crippen LogP contribution in [0.15, 0.2) is 42.6 Å². The quantitative estimate of drug-likeness (QED) is 0.440. The number of nitrogens with zero attached hydrogens (tertiary/aromatic N) is 5. The first kappa shape index (κ1) is 22.1. The second kappa shape index (κ2) is 8.27. The Balaban J connectivity index is 1.30. The molecule has 5 rings (SSSR count). The third-order valence-corrected chi connectivity index (χ3v) is 5.99. The number of benzene rings is 1. The van der Waals surface area contributed by atoms with Crippen LogP contribution in [0.2, 0.25) is 0 Å². The highest BCUT2D eigenvalue weighted by Crippen LogP contribution is 2.43. The predicted octanol–water partition coefficient (Wildman–Crippen LogP) is 4.83. The van der Waals surface area contributed by atoms with E-state index in [1.165, 1.54) is 11.6 Å². The Kier molecular flexibility index (Phi) is 5.38. The van der Waals surface area contributed by atoms with Gasteiger partial charge in [0.05, 0.1) is 17.8 Å². The van der Waals surface area contributed by atoms with Crippen molar-refractivity contribution in [3.05, 3.63) is 70.7 Å². The standard InChI is InChI=1S/C24H23F3N6O/c1-14-10-20(31-32(14)12-16-4-3-5-18(11-16)24(25,26)27)29-21(34)13-33-23-22(15(2)30-33)19(8-9-28-23)17-6-7-17/h3-5,8-11,17H,6-7,12-13H2,1-2H3,(H,29,31,34). The van der Waals surface area contributed by atoms with Crippen LogP contribution < -0.4 is 5.32 Å². The number of aryl methyl sites for hydroxylation is 2. The average Bonchev–Trinajstić information content (AvgIpc) is 3.50. The van der Waals surface area contributed by atoms with Crippen molar-refractivity contribution in [2.45, 2.75) is 51.9 Å². The van der Waals surface area contributed by atoms with Gasteiger partial charge in [-0.25, -0.2) is 9.67 Å². The van der Waals surface area contributed by atoms with Crippen LogP contribution in [0.25, 0.3) is 11.0 Å². The number of hydrogen-bond acceptors (Lipinski definition) is 4. The fourth-order valence-corrected chi connectivity index (χ4v) is 4.22. The van der Waals surface area contributed by atoms with Gasteiger partial charge in [-0.3, -0.25) is 9.48 Å². The molecule has 1 aliphatic rings. The average molecular weight is 468 g/mol. The third kappa shape index (κ3) is 4.40. The number of nitrogens with one attached hydrogen (secondary N) is 1. The van der Waals surface area contributed by atoms with E-state index in [4.69, 9.17) is 0 Å². The van der Waals surface area contributed by atoms with Crippen molar-refractivity contribution in [2.75, 3.05) is 5.32 Å². The summed E-state index contributed by atoms with van der Waals surface area (Å²) >= 11 is 0. The molecule has 0 atom stereocenters. The molecular formula is C24H23F3N6O. The Morgan fingerprint density at radius 2 is 1.91 bits per heavy atom. The minimum absolute atomic E-state index is 0.0228. The summed E-state index contributed by atoms with van der Waals surface area (Å²) in [5.74, 6) is 0.556. The first-order chi connectivity index (χ1) is 16.2. The molecule has 1 amide bonds. The summed E-state index contributed by atoms with van der Waals surface area (Å²) in [6.07, 6.45) is -0.332. The molecule has 1 fully saturated rings. The molecule has 176 valence electrons. The van der Waals surface area contributed by atoms with Crippen molar-refractivity contribution in [2.24, 2.45) is 0 Å². The van der Waals surface area contributed by atoms with Gasteiger partial charge in [-0.15, -0.1) is 0 Å². The van der Waals surface area contributed by atoms with E-state index in [9.17, 15) is 18.0 Å². The van der Waals surface area contributed by atoms with Gasteiger partial charge in [-0.1, -0.05) is 12.1 Å². The summed E-state index contributed by atoms with van der Waals surface area (Å²) in [6, 6.07) is 8.84. The summed E-state index contributed by atoms with van der Waals surface area (Å²) < 4.78 is 42.1. The van der Waals surface area contributed by atoms with Gasteiger partial charge >= 0.3 is 6.18 Å². The number of amides is 1. The van der Waals surface area contributed by atoms with Crippen LogP contribution >= 0.6 is 0 Å². The van der Waals surface area contributed by atoms with Crippen LogP contribution in [0.5, 0.6) is 0 Å². The van der Waals surface area contributed by atoms with Gasteiger partial charge < -0.3 is 5.32 Å².